The topological polar surface area (TPSA) is 143 Å². The van der Waals surface area contributed by atoms with E-state index in [4.69, 9.17) is 11.1 Å². The number of rotatable bonds is 4. The number of nitrogens with one attached hydrogen (secondary N) is 2. The van der Waals surface area contributed by atoms with Gasteiger partial charge in [0.15, 0.2) is 0 Å². The van der Waals surface area contributed by atoms with Gasteiger partial charge in [-0.25, -0.2) is 10.8 Å². The summed E-state index contributed by atoms with van der Waals surface area (Å²) in [6.45, 7) is 0. The molecule has 0 aliphatic carbocycles. The number of nitriles is 1. The largest absolute Gasteiger partial charge is 0.333 e. The molecule has 0 aliphatic heterocycles. The molecule has 9 heteroatoms. The number of nitrogens with zero attached hydrogens (tertiary/aromatic N) is 4. The predicted octanol–water partition coefficient (Wildman–Crippen LogP) is 1.29. The Labute approximate surface area is 113 Å². The van der Waals surface area contributed by atoms with Crippen LogP contribution in [-0.4, -0.2) is 14.9 Å². The molecule has 0 saturated carbocycles. The first-order chi connectivity index (χ1) is 9.65. The molecule has 100 valence electrons. The highest BCUT2D eigenvalue weighted by atomic mass is 16.6. The number of hydrazine groups is 1. The van der Waals surface area contributed by atoms with Crippen molar-refractivity contribution in [2.24, 2.45) is 5.84 Å². The van der Waals surface area contributed by atoms with Gasteiger partial charge >= 0.3 is 5.69 Å². The lowest BCUT2D eigenvalue weighted by Gasteiger charge is -2.08. The van der Waals surface area contributed by atoms with Gasteiger partial charge < -0.3 is 5.32 Å². The van der Waals surface area contributed by atoms with Gasteiger partial charge in [0, 0.05) is 0 Å². The van der Waals surface area contributed by atoms with Crippen LogP contribution in [0.5, 0.6) is 0 Å². The molecule has 9 nitrogen and oxygen atoms in total. The Kier molecular flexibility index (Phi) is 3.69. The number of aromatic nitrogens is 2. The summed E-state index contributed by atoms with van der Waals surface area (Å²) in [5.41, 5.74) is 2.61. The molecule has 0 unspecified atom stereocenters. The van der Waals surface area contributed by atoms with Gasteiger partial charge in [0.25, 0.3) is 0 Å². The molecule has 1 heterocycles. The van der Waals surface area contributed by atoms with Gasteiger partial charge in [0.05, 0.1) is 16.2 Å². The van der Waals surface area contributed by atoms with Crippen LogP contribution < -0.4 is 16.6 Å². The minimum absolute atomic E-state index is 0.0209. The molecular formula is C11H9N7O2. The Morgan fingerprint density at radius 2 is 2.15 bits per heavy atom. The summed E-state index contributed by atoms with van der Waals surface area (Å²) in [7, 11) is 0. The molecule has 1 aromatic heterocycles. The van der Waals surface area contributed by atoms with E-state index in [1.807, 2.05) is 6.07 Å². The summed E-state index contributed by atoms with van der Waals surface area (Å²) in [6.07, 6.45) is 1.03. The SMILES string of the molecule is N#Cc1ccccc1Nc1nc(NN)ncc1[N+](=O)[O-]. The maximum atomic E-state index is 10.9. The summed E-state index contributed by atoms with van der Waals surface area (Å²) >= 11 is 0. The van der Waals surface area contributed by atoms with Crippen LogP contribution in [0.25, 0.3) is 0 Å². The number of anilines is 3. The molecule has 2 aromatic rings. The molecule has 2 rings (SSSR count). The second-order valence-corrected chi connectivity index (χ2v) is 3.61. The van der Waals surface area contributed by atoms with Crippen molar-refractivity contribution in [3.05, 3.63) is 46.1 Å². The Balaban J connectivity index is 2.46. The minimum atomic E-state index is -0.627. The lowest BCUT2D eigenvalue weighted by molar-refractivity contribution is -0.384. The lowest BCUT2D eigenvalue weighted by Crippen LogP contribution is -2.12. The van der Waals surface area contributed by atoms with Crippen molar-refractivity contribution in [2.75, 3.05) is 10.7 Å². The van der Waals surface area contributed by atoms with Crippen molar-refractivity contribution in [1.29, 1.82) is 5.26 Å². The second kappa shape index (κ2) is 5.59. The van der Waals surface area contributed by atoms with Crippen molar-refractivity contribution in [3.63, 3.8) is 0 Å². The molecular weight excluding hydrogens is 262 g/mol. The first-order valence-electron chi connectivity index (χ1n) is 5.40. The summed E-state index contributed by atoms with van der Waals surface area (Å²) < 4.78 is 0. The number of nitrogen functional groups attached to an aromatic ring is 1. The van der Waals surface area contributed by atoms with Crippen molar-refractivity contribution < 1.29 is 4.92 Å². The van der Waals surface area contributed by atoms with Crippen LogP contribution in [0.15, 0.2) is 30.5 Å². The molecule has 0 saturated heterocycles. The van der Waals surface area contributed by atoms with Crippen molar-refractivity contribution in [2.45, 2.75) is 0 Å². The Bertz CT molecular complexity index is 695. The number of nitro groups is 1. The molecule has 0 spiro atoms. The van der Waals surface area contributed by atoms with Crippen LogP contribution in [0.1, 0.15) is 5.56 Å². The minimum Gasteiger partial charge on any atom is -0.333 e. The fourth-order valence-electron chi connectivity index (χ4n) is 1.49. The van der Waals surface area contributed by atoms with Crippen LogP contribution in [0, 0.1) is 21.4 Å². The van der Waals surface area contributed by atoms with Crippen LogP contribution >= 0.6 is 0 Å². The van der Waals surface area contributed by atoms with Crippen molar-refractivity contribution in [3.8, 4) is 6.07 Å². The first-order valence-corrected chi connectivity index (χ1v) is 5.40. The standard InChI is InChI=1S/C11H9N7O2/c12-5-7-3-1-2-4-8(7)15-10-9(18(19)20)6-14-11(16-10)17-13/h1-4,6H,13H2,(H2,14,15,16,17). The van der Waals surface area contributed by atoms with Crippen molar-refractivity contribution in [1.82, 2.24) is 9.97 Å². The third kappa shape index (κ3) is 2.60. The van der Waals surface area contributed by atoms with Gasteiger partial charge in [0.1, 0.15) is 12.3 Å². The van der Waals surface area contributed by atoms with Crippen molar-refractivity contribution >= 4 is 23.1 Å². The third-order valence-corrected chi connectivity index (χ3v) is 2.40. The van der Waals surface area contributed by atoms with E-state index in [1.54, 1.807) is 24.3 Å². The molecule has 0 fully saturated rings. The molecule has 0 bridgehead atoms. The van der Waals surface area contributed by atoms with E-state index >= 15 is 0 Å². The zero-order chi connectivity index (χ0) is 14.5. The fourth-order valence-corrected chi connectivity index (χ4v) is 1.49. The van der Waals surface area contributed by atoms with Gasteiger partial charge in [-0.3, -0.25) is 15.5 Å². The van der Waals surface area contributed by atoms with E-state index in [2.05, 4.69) is 20.7 Å². The second-order valence-electron chi connectivity index (χ2n) is 3.61. The number of benzene rings is 1. The summed E-state index contributed by atoms with van der Waals surface area (Å²) in [5, 5.41) is 22.7. The average molecular weight is 271 g/mol. The molecule has 0 aliphatic rings. The highest BCUT2D eigenvalue weighted by Gasteiger charge is 2.18. The zero-order valence-corrected chi connectivity index (χ0v) is 10.1. The van der Waals surface area contributed by atoms with Crippen LogP contribution in [0.3, 0.4) is 0 Å². The zero-order valence-electron chi connectivity index (χ0n) is 10.1. The van der Waals surface area contributed by atoms with Gasteiger partial charge in [-0.1, -0.05) is 12.1 Å². The van der Waals surface area contributed by atoms with Gasteiger partial charge in [-0.15, -0.1) is 0 Å². The lowest BCUT2D eigenvalue weighted by atomic mass is 10.2. The van der Waals surface area contributed by atoms with E-state index in [-0.39, 0.29) is 17.5 Å². The summed E-state index contributed by atoms with van der Waals surface area (Å²) in [4.78, 5) is 17.9. The average Bonchev–Trinajstić information content (AvgIpc) is 2.47. The molecule has 20 heavy (non-hydrogen) atoms. The Hall–Kier alpha value is -3.25. The summed E-state index contributed by atoms with van der Waals surface area (Å²) in [6, 6.07) is 8.55. The highest BCUT2D eigenvalue weighted by molar-refractivity contribution is 5.70. The van der Waals surface area contributed by atoms with Crippen LogP contribution in [-0.2, 0) is 0 Å². The number of para-hydroxylation sites is 1. The number of hydrogen-bond acceptors (Lipinski definition) is 8. The van der Waals surface area contributed by atoms with E-state index < -0.39 is 4.92 Å². The Morgan fingerprint density at radius 3 is 2.80 bits per heavy atom. The first kappa shape index (κ1) is 13.2. The molecule has 0 atom stereocenters. The highest BCUT2D eigenvalue weighted by Crippen LogP contribution is 2.27. The molecule has 0 amide bonds. The van der Waals surface area contributed by atoms with E-state index in [0.717, 1.165) is 6.20 Å². The van der Waals surface area contributed by atoms with Gasteiger partial charge in [0.2, 0.25) is 11.8 Å². The predicted molar refractivity (Wildman–Crippen MR) is 70.9 cm³/mol. The monoisotopic (exact) mass is 271 g/mol. The van der Waals surface area contributed by atoms with E-state index in [1.165, 1.54) is 0 Å². The smallest absolute Gasteiger partial charge is 0.329 e. The van der Waals surface area contributed by atoms with Crippen LogP contribution in [0.4, 0.5) is 23.1 Å². The van der Waals surface area contributed by atoms with E-state index in [9.17, 15) is 10.1 Å². The molecule has 0 radical (unpaired) electrons. The maximum absolute atomic E-state index is 10.9. The van der Waals surface area contributed by atoms with Gasteiger partial charge in [-0.2, -0.15) is 10.2 Å². The third-order valence-electron chi connectivity index (χ3n) is 2.40. The Morgan fingerprint density at radius 1 is 1.40 bits per heavy atom. The molecule has 1 aromatic carbocycles. The summed E-state index contributed by atoms with van der Waals surface area (Å²) in [5.74, 6) is 5.14. The molecule has 4 N–H and O–H groups in total. The fraction of sp³-hybridized carbons (Fsp3) is 0. The van der Waals surface area contributed by atoms with Gasteiger partial charge in [-0.05, 0) is 12.1 Å². The quantitative estimate of drug-likeness (QED) is 0.428. The normalized spacial score (nSPS) is 9.60. The number of hydrogen-bond donors (Lipinski definition) is 3. The number of nitrogens with two attached hydrogens (primary N) is 1. The maximum Gasteiger partial charge on any atom is 0.329 e. The van der Waals surface area contributed by atoms with Crippen LogP contribution in [0.2, 0.25) is 0 Å². The van der Waals surface area contributed by atoms with E-state index in [0.29, 0.717) is 11.3 Å².